The van der Waals surface area contributed by atoms with Crippen molar-refractivity contribution in [3.8, 4) is 0 Å². The van der Waals surface area contributed by atoms with Gasteiger partial charge in [-0.3, -0.25) is 9.80 Å². The van der Waals surface area contributed by atoms with Gasteiger partial charge >= 0.3 is 0 Å². The van der Waals surface area contributed by atoms with Crippen LogP contribution >= 0.6 is 0 Å². The first-order valence-corrected chi connectivity index (χ1v) is 8.85. The molecule has 2 atom stereocenters. The van der Waals surface area contributed by atoms with Crippen LogP contribution in [0.3, 0.4) is 0 Å². The molecule has 2 fully saturated rings. The molecule has 0 aromatic heterocycles. The van der Waals surface area contributed by atoms with Gasteiger partial charge < -0.3 is 5.32 Å². The van der Waals surface area contributed by atoms with E-state index in [0.717, 1.165) is 24.5 Å². The second-order valence-electron chi connectivity index (χ2n) is 7.27. The molecule has 0 aromatic rings. The van der Waals surface area contributed by atoms with Crippen molar-refractivity contribution in [2.75, 3.05) is 39.3 Å². The molecule has 2 unspecified atom stereocenters. The Morgan fingerprint density at radius 3 is 2.50 bits per heavy atom. The normalized spacial score (nSPS) is 27.3. The van der Waals surface area contributed by atoms with E-state index in [-0.39, 0.29) is 0 Å². The van der Waals surface area contributed by atoms with E-state index in [4.69, 9.17) is 0 Å². The van der Waals surface area contributed by atoms with Gasteiger partial charge in [0.25, 0.3) is 0 Å². The first-order chi connectivity index (χ1) is 9.66. The van der Waals surface area contributed by atoms with Crippen molar-refractivity contribution < 1.29 is 0 Å². The van der Waals surface area contributed by atoms with Crippen molar-refractivity contribution in [1.29, 1.82) is 0 Å². The Morgan fingerprint density at radius 1 is 1.05 bits per heavy atom. The third-order valence-electron chi connectivity index (χ3n) is 5.02. The van der Waals surface area contributed by atoms with Crippen LogP contribution in [0.2, 0.25) is 0 Å². The lowest BCUT2D eigenvalue weighted by Crippen LogP contribution is -2.42. The fourth-order valence-corrected chi connectivity index (χ4v) is 3.63. The average molecular weight is 281 g/mol. The minimum atomic E-state index is 0.740. The van der Waals surface area contributed by atoms with Crippen LogP contribution < -0.4 is 5.32 Å². The minimum Gasteiger partial charge on any atom is -0.316 e. The van der Waals surface area contributed by atoms with E-state index >= 15 is 0 Å². The quantitative estimate of drug-likeness (QED) is 0.724. The van der Waals surface area contributed by atoms with E-state index < -0.39 is 0 Å². The highest BCUT2D eigenvalue weighted by Crippen LogP contribution is 2.22. The zero-order valence-electron chi connectivity index (χ0n) is 13.9. The molecule has 0 spiro atoms. The topological polar surface area (TPSA) is 18.5 Å². The third kappa shape index (κ3) is 5.01. The van der Waals surface area contributed by atoms with Gasteiger partial charge in [0.2, 0.25) is 0 Å². The largest absolute Gasteiger partial charge is 0.316 e. The van der Waals surface area contributed by atoms with Gasteiger partial charge in [-0.25, -0.2) is 0 Å². The Bertz CT molecular complexity index is 261. The van der Waals surface area contributed by atoms with Crippen LogP contribution in [0.25, 0.3) is 0 Å². The number of rotatable bonds is 7. The molecule has 2 aliphatic rings. The second kappa shape index (κ2) is 8.35. The lowest BCUT2D eigenvalue weighted by molar-refractivity contribution is 0.152. The smallest absolute Gasteiger partial charge is 0.0235 e. The standard InChI is InChI=1S/C17H35N3/c1-15(2)13-18-9-7-16(3)20-12-8-17(14-20)19-10-5-4-6-11-19/h15-18H,4-14H2,1-3H3. The maximum atomic E-state index is 3.58. The highest BCUT2D eigenvalue weighted by molar-refractivity contribution is 4.87. The van der Waals surface area contributed by atoms with Gasteiger partial charge in [0.1, 0.15) is 0 Å². The Kier molecular flexibility index (Phi) is 6.79. The molecule has 20 heavy (non-hydrogen) atoms. The number of nitrogens with one attached hydrogen (secondary N) is 1. The fraction of sp³-hybridized carbons (Fsp3) is 1.00. The first-order valence-electron chi connectivity index (χ1n) is 8.85. The summed E-state index contributed by atoms with van der Waals surface area (Å²) in [6.07, 6.45) is 6.98. The van der Waals surface area contributed by atoms with Crippen LogP contribution in [-0.4, -0.2) is 61.2 Å². The monoisotopic (exact) mass is 281 g/mol. The van der Waals surface area contributed by atoms with Crippen molar-refractivity contribution in [3.05, 3.63) is 0 Å². The van der Waals surface area contributed by atoms with Crippen LogP contribution in [-0.2, 0) is 0 Å². The van der Waals surface area contributed by atoms with Crippen LogP contribution in [0, 0.1) is 5.92 Å². The summed E-state index contributed by atoms with van der Waals surface area (Å²) in [6, 6.07) is 1.59. The summed E-state index contributed by atoms with van der Waals surface area (Å²) in [5.41, 5.74) is 0. The summed E-state index contributed by atoms with van der Waals surface area (Å²) in [5.74, 6) is 0.764. The first kappa shape index (κ1) is 16.3. The van der Waals surface area contributed by atoms with E-state index in [0.29, 0.717) is 0 Å². The second-order valence-corrected chi connectivity index (χ2v) is 7.27. The van der Waals surface area contributed by atoms with Gasteiger partial charge in [0.05, 0.1) is 0 Å². The van der Waals surface area contributed by atoms with Gasteiger partial charge in [-0.2, -0.15) is 0 Å². The average Bonchev–Trinajstić information content (AvgIpc) is 2.94. The number of hydrogen-bond donors (Lipinski definition) is 1. The summed E-state index contributed by atoms with van der Waals surface area (Å²) in [7, 11) is 0. The van der Waals surface area contributed by atoms with E-state index in [2.05, 4.69) is 35.9 Å². The fourth-order valence-electron chi connectivity index (χ4n) is 3.63. The summed E-state index contributed by atoms with van der Waals surface area (Å²) in [4.78, 5) is 5.48. The van der Waals surface area contributed by atoms with E-state index in [1.54, 1.807) is 0 Å². The van der Waals surface area contributed by atoms with Gasteiger partial charge in [-0.15, -0.1) is 0 Å². The van der Waals surface area contributed by atoms with Gasteiger partial charge in [0, 0.05) is 25.2 Å². The molecular weight excluding hydrogens is 246 g/mol. The number of nitrogens with zero attached hydrogens (tertiary/aromatic N) is 2. The molecule has 2 saturated heterocycles. The Hall–Kier alpha value is -0.120. The predicted octanol–water partition coefficient (Wildman–Crippen LogP) is 2.57. The molecule has 2 rings (SSSR count). The Morgan fingerprint density at radius 2 is 1.80 bits per heavy atom. The molecule has 118 valence electrons. The van der Waals surface area contributed by atoms with E-state index in [1.165, 1.54) is 64.8 Å². The zero-order valence-corrected chi connectivity index (χ0v) is 13.9. The molecule has 0 aromatic carbocycles. The molecular formula is C17H35N3. The zero-order chi connectivity index (χ0) is 14.4. The minimum absolute atomic E-state index is 0.740. The molecule has 2 aliphatic heterocycles. The maximum Gasteiger partial charge on any atom is 0.0235 e. The van der Waals surface area contributed by atoms with Crippen LogP contribution in [0.5, 0.6) is 0 Å². The van der Waals surface area contributed by atoms with Crippen molar-refractivity contribution in [3.63, 3.8) is 0 Å². The molecule has 1 N–H and O–H groups in total. The molecule has 3 heteroatoms. The van der Waals surface area contributed by atoms with Crippen molar-refractivity contribution in [2.45, 2.75) is 65.0 Å². The SMILES string of the molecule is CC(C)CNCCC(C)N1CCC(N2CCCCC2)C1. The third-order valence-corrected chi connectivity index (χ3v) is 5.02. The summed E-state index contributed by atoms with van der Waals surface area (Å²) in [6.45, 7) is 14.6. The summed E-state index contributed by atoms with van der Waals surface area (Å²) >= 11 is 0. The molecule has 0 bridgehead atoms. The highest BCUT2D eigenvalue weighted by atomic mass is 15.3. The Balaban J connectivity index is 1.63. The lowest BCUT2D eigenvalue weighted by atomic mass is 10.1. The van der Waals surface area contributed by atoms with Crippen molar-refractivity contribution in [2.24, 2.45) is 5.92 Å². The summed E-state index contributed by atoms with van der Waals surface area (Å²) in [5, 5.41) is 3.58. The van der Waals surface area contributed by atoms with Gasteiger partial charge in [0.15, 0.2) is 0 Å². The predicted molar refractivity (Wildman–Crippen MR) is 87.2 cm³/mol. The van der Waals surface area contributed by atoms with Gasteiger partial charge in [-0.05, 0) is 64.7 Å². The Labute approximate surface area is 126 Å². The molecule has 0 aliphatic carbocycles. The van der Waals surface area contributed by atoms with Crippen molar-refractivity contribution >= 4 is 0 Å². The van der Waals surface area contributed by atoms with E-state index in [9.17, 15) is 0 Å². The van der Waals surface area contributed by atoms with Crippen LogP contribution in [0.1, 0.15) is 52.9 Å². The molecule has 2 heterocycles. The lowest BCUT2D eigenvalue weighted by Gasteiger charge is -2.33. The van der Waals surface area contributed by atoms with Crippen LogP contribution in [0.15, 0.2) is 0 Å². The van der Waals surface area contributed by atoms with Crippen LogP contribution in [0.4, 0.5) is 0 Å². The number of likely N-dealkylation sites (tertiary alicyclic amines) is 2. The molecule has 0 radical (unpaired) electrons. The number of hydrogen-bond acceptors (Lipinski definition) is 3. The molecule has 0 saturated carbocycles. The molecule has 3 nitrogen and oxygen atoms in total. The maximum absolute atomic E-state index is 3.58. The molecule has 0 amide bonds. The number of piperidine rings is 1. The van der Waals surface area contributed by atoms with E-state index in [1.807, 2.05) is 0 Å². The van der Waals surface area contributed by atoms with Gasteiger partial charge in [-0.1, -0.05) is 20.3 Å². The van der Waals surface area contributed by atoms with Crippen molar-refractivity contribution in [1.82, 2.24) is 15.1 Å². The summed E-state index contributed by atoms with van der Waals surface area (Å²) < 4.78 is 0. The highest BCUT2D eigenvalue weighted by Gasteiger charge is 2.30.